The van der Waals surface area contributed by atoms with Crippen LogP contribution in [0.4, 0.5) is 14.5 Å². The molecule has 0 aliphatic rings. The topological polar surface area (TPSA) is 61.7 Å². The zero-order chi connectivity index (χ0) is 15.4. The molecule has 2 aromatic rings. The van der Waals surface area contributed by atoms with E-state index in [9.17, 15) is 19.0 Å². The van der Waals surface area contributed by atoms with Crippen LogP contribution in [0.2, 0.25) is 0 Å². The van der Waals surface area contributed by atoms with Crippen LogP contribution in [0.3, 0.4) is 0 Å². The summed E-state index contributed by atoms with van der Waals surface area (Å²) in [6.07, 6.45) is 0. The van der Waals surface area contributed by atoms with E-state index in [2.05, 4.69) is 10.1 Å². The Morgan fingerprint density at radius 1 is 1.05 bits per heavy atom. The van der Waals surface area contributed by atoms with Crippen molar-refractivity contribution in [2.75, 3.05) is 5.32 Å². The van der Waals surface area contributed by atoms with Gasteiger partial charge in [-0.2, -0.15) is 8.78 Å². The highest BCUT2D eigenvalue weighted by Crippen LogP contribution is 2.31. The van der Waals surface area contributed by atoms with Gasteiger partial charge in [0.2, 0.25) is 0 Å². The summed E-state index contributed by atoms with van der Waals surface area (Å²) in [7, 11) is 0. The van der Waals surface area contributed by atoms with E-state index >= 15 is 0 Å². The number of nitrogens with one attached hydrogen (secondary N) is 1. The van der Waals surface area contributed by atoms with E-state index < -0.39 is 6.61 Å². The first-order valence-electron chi connectivity index (χ1n) is 6.29. The third kappa shape index (κ3) is 3.98. The van der Waals surface area contributed by atoms with Gasteiger partial charge in [-0.25, -0.2) is 0 Å². The zero-order valence-corrected chi connectivity index (χ0v) is 11.3. The Morgan fingerprint density at radius 2 is 1.67 bits per heavy atom. The first-order chi connectivity index (χ1) is 9.95. The fraction of sp³-hybridized carbons (Fsp3) is 0.200. The number of alkyl halides is 2. The van der Waals surface area contributed by atoms with Gasteiger partial charge in [-0.15, -0.1) is 0 Å². The molecule has 0 radical (unpaired) electrons. The maximum absolute atomic E-state index is 12.4. The van der Waals surface area contributed by atoms with Crippen LogP contribution < -0.4 is 10.1 Å². The van der Waals surface area contributed by atoms with Crippen LogP contribution in [-0.2, 0) is 0 Å². The first-order valence-corrected chi connectivity index (χ1v) is 6.29. The molecule has 0 saturated heterocycles. The highest BCUT2D eigenvalue weighted by atomic mass is 19.3. The molecule has 0 fully saturated rings. The van der Waals surface area contributed by atoms with Crippen molar-refractivity contribution < 1.29 is 23.7 Å². The number of phenolic OH excluding ortho intramolecular Hbond substituents is 2. The molecule has 2 rings (SSSR count). The molecule has 21 heavy (non-hydrogen) atoms. The van der Waals surface area contributed by atoms with Crippen LogP contribution in [0, 0.1) is 0 Å². The number of aromatic hydroxyl groups is 2. The minimum absolute atomic E-state index is 0.0312. The lowest BCUT2D eigenvalue weighted by Crippen LogP contribution is -2.10. The van der Waals surface area contributed by atoms with Crippen molar-refractivity contribution in [1.82, 2.24) is 0 Å². The van der Waals surface area contributed by atoms with E-state index in [-0.39, 0.29) is 23.3 Å². The van der Waals surface area contributed by atoms with Gasteiger partial charge >= 0.3 is 6.61 Å². The molecule has 0 amide bonds. The average Bonchev–Trinajstić information content (AvgIpc) is 2.39. The Morgan fingerprint density at radius 3 is 2.29 bits per heavy atom. The van der Waals surface area contributed by atoms with Crippen molar-refractivity contribution in [3.8, 4) is 17.2 Å². The van der Waals surface area contributed by atoms with E-state index in [4.69, 9.17) is 0 Å². The number of anilines is 1. The molecule has 0 spiro atoms. The third-order valence-electron chi connectivity index (χ3n) is 2.90. The minimum atomic E-state index is -2.91. The second-order valence-electron chi connectivity index (χ2n) is 4.52. The number of halogens is 2. The maximum atomic E-state index is 12.4. The Labute approximate surface area is 120 Å². The molecule has 0 aliphatic heterocycles. The number of rotatable bonds is 5. The van der Waals surface area contributed by atoms with Gasteiger partial charge in [-0.1, -0.05) is 12.1 Å². The molecular formula is C15H15F2NO3. The van der Waals surface area contributed by atoms with Crippen LogP contribution in [0.15, 0.2) is 42.5 Å². The van der Waals surface area contributed by atoms with Crippen molar-refractivity contribution in [3.63, 3.8) is 0 Å². The summed E-state index contributed by atoms with van der Waals surface area (Å²) in [5.74, 6) is -0.116. The van der Waals surface area contributed by atoms with E-state index in [0.29, 0.717) is 11.3 Å². The second kappa shape index (κ2) is 6.30. The SMILES string of the molecule is CC(Nc1ccccc1OC(F)F)c1cc(O)cc(O)c1. The van der Waals surface area contributed by atoms with Crippen molar-refractivity contribution in [3.05, 3.63) is 48.0 Å². The van der Waals surface area contributed by atoms with Gasteiger partial charge in [-0.05, 0) is 36.8 Å². The van der Waals surface area contributed by atoms with Crippen LogP contribution in [-0.4, -0.2) is 16.8 Å². The summed E-state index contributed by atoms with van der Waals surface area (Å²) in [6, 6.07) is 10.2. The highest BCUT2D eigenvalue weighted by molar-refractivity contribution is 5.57. The minimum Gasteiger partial charge on any atom is -0.508 e. The van der Waals surface area contributed by atoms with Gasteiger partial charge in [0.1, 0.15) is 17.2 Å². The smallest absolute Gasteiger partial charge is 0.387 e. The largest absolute Gasteiger partial charge is 0.508 e. The normalized spacial score (nSPS) is 12.2. The summed E-state index contributed by atoms with van der Waals surface area (Å²) in [6.45, 7) is -1.14. The molecule has 4 nitrogen and oxygen atoms in total. The molecule has 1 unspecified atom stereocenters. The molecule has 1 atom stereocenters. The summed E-state index contributed by atoms with van der Waals surface area (Å²) < 4.78 is 29.1. The monoisotopic (exact) mass is 295 g/mol. The fourth-order valence-corrected chi connectivity index (χ4v) is 1.97. The van der Waals surface area contributed by atoms with Crippen LogP contribution in [0.25, 0.3) is 0 Å². The van der Waals surface area contributed by atoms with Crippen molar-refractivity contribution in [2.24, 2.45) is 0 Å². The average molecular weight is 295 g/mol. The van der Waals surface area contributed by atoms with E-state index in [1.54, 1.807) is 25.1 Å². The molecule has 2 aromatic carbocycles. The summed E-state index contributed by atoms with van der Waals surface area (Å²) in [4.78, 5) is 0. The second-order valence-corrected chi connectivity index (χ2v) is 4.52. The van der Waals surface area contributed by atoms with Crippen molar-refractivity contribution in [2.45, 2.75) is 19.6 Å². The molecule has 0 saturated carbocycles. The fourth-order valence-electron chi connectivity index (χ4n) is 1.97. The Hall–Kier alpha value is -2.50. The van der Waals surface area contributed by atoms with E-state index in [1.807, 2.05) is 0 Å². The number of para-hydroxylation sites is 2. The van der Waals surface area contributed by atoms with E-state index in [1.165, 1.54) is 24.3 Å². The number of hydrogen-bond donors (Lipinski definition) is 3. The lowest BCUT2D eigenvalue weighted by Gasteiger charge is -2.18. The summed E-state index contributed by atoms with van der Waals surface area (Å²) in [5, 5.41) is 21.9. The summed E-state index contributed by atoms with van der Waals surface area (Å²) >= 11 is 0. The van der Waals surface area contributed by atoms with Gasteiger partial charge in [-0.3, -0.25) is 0 Å². The Kier molecular flexibility index (Phi) is 4.47. The lowest BCUT2D eigenvalue weighted by molar-refractivity contribution is -0.0493. The van der Waals surface area contributed by atoms with Gasteiger partial charge < -0.3 is 20.3 Å². The van der Waals surface area contributed by atoms with Gasteiger partial charge in [0.15, 0.2) is 0 Å². The Balaban J connectivity index is 2.21. The van der Waals surface area contributed by atoms with Crippen molar-refractivity contribution in [1.29, 1.82) is 0 Å². The van der Waals surface area contributed by atoms with Crippen LogP contribution >= 0.6 is 0 Å². The molecule has 112 valence electrons. The van der Waals surface area contributed by atoms with Gasteiger partial charge in [0, 0.05) is 12.1 Å². The molecule has 0 aromatic heterocycles. The first kappa shape index (κ1) is 14.9. The predicted octanol–water partition coefficient (Wildman–Crippen LogP) is 3.87. The quantitative estimate of drug-likeness (QED) is 0.783. The summed E-state index contributed by atoms with van der Waals surface area (Å²) in [5.41, 5.74) is 1.01. The van der Waals surface area contributed by atoms with Crippen molar-refractivity contribution >= 4 is 5.69 Å². The molecule has 0 aliphatic carbocycles. The van der Waals surface area contributed by atoms with Gasteiger partial charge in [0.25, 0.3) is 0 Å². The predicted molar refractivity (Wildman–Crippen MR) is 74.9 cm³/mol. The number of phenols is 2. The molecule has 0 bridgehead atoms. The zero-order valence-electron chi connectivity index (χ0n) is 11.3. The maximum Gasteiger partial charge on any atom is 0.387 e. The third-order valence-corrected chi connectivity index (χ3v) is 2.90. The molecular weight excluding hydrogens is 280 g/mol. The van der Waals surface area contributed by atoms with Crippen LogP contribution in [0.5, 0.6) is 17.2 Å². The van der Waals surface area contributed by atoms with Gasteiger partial charge in [0.05, 0.1) is 5.69 Å². The standard InChI is InChI=1S/C15H15F2NO3/c1-9(10-6-11(19)8-12(20)7-10)18-13-4-2-3-5-14(13)21-15(16)17/h2-9,15,18-20H,1H3. The Bertz CT molecular complexity index is 599. The number of hydrogen-bond acceptors (Lipinski definition) is 4. The number of benzene rings is 2. The highest BCUT2D eigenvalue weighted by Gasteiger charge is 2.13. The molecule has 6 heteroatoms. The molecule has 3 N–H and O–H groups in total. The number of ether oxygens (including phenoxy) is 1. The lowest BCUT2D eigenvalue weighted by atomic mass is 10.1. The van der Waals surface area contributed by atoms with E-state index in [0.717, 1.165) is 0 Å². The van der Waals surface area contributed by atoms with Crippen LogP contribution in [0.1, 0.15) is 18.5 Å². The molecule has 0 heterocycles.